The minimum Gasteiger partial charge on any atom is -0.496 e. The van der Waals surface area contributed by atoms with E-state index in [0.29, 0.717) is 36.3 Å². The summed E-state index contributed by atoms with van der Waals surface area (Å²) in [5, 5.41) is 0. The highest BCUT2D eigenvalue weighted by Crippen LogP contribution is 2.30. The number of aryl methyl sites for hydroxylation is 1. The first-order chi connectivity index (χ1) is 12.8. The second-order valence-corrected chi connectivity index (χ2v) is 8.58. The number of methoxy groups -OCH3 is 1. The molecule has 1 atom stereocenters. The third-order valence-corrected chi connectivity index (χ3v) is 6.90. The lowest BCUT2D eigenvalue weighted by Gasteiger charge is -2.31. The fourth-order valence-electron chi connectivity index (χ4n) is 3.43. The third-order valence-electron chi connectivity index (χ3n) is 4.90. The van der Waals surface area contributed by atoms with Crippen LogP contribution < -0.4 is 4.74 Å². The van der Waals surface area contributed by atoms with E-state index in [1.807, 2.05) is 0 Å². The number of rotatable bonds is 5. The van der Waals surface area contributed by atoms with Crippen molar-refractivity contribution in [3.63, 3.8) is 0 Å². The molecule has 0 spiro atoms. The average molecular weight is 391 g/mol. The van der Waals surface area contributed by atoms with Gasteiger partial charge in [0.25, 0.3) is 0 Å². The van der Waals surface area contributed by atoms with Gasteiger partial charge in [-0.25, -0.2) is 12.8 Å². The number of piperidine rings is 1. The number of ketones is 1. The fourth-order valence-corrected chi connectivity index (χ4v) is 5.19. The quantitative estimate of drug-likeness (QED) is 0.733. The second kappa shape index (κ2) is 7.78. The molecule has 0 amide bonds. The summed E-state index contributed by atoms with van der Waals surface area (Å²) in [6.45, 7) is 2.02. The van der Waals surface area contributed by atoms with E-state index in [1.165, 1.54) is 23.5 Å². The molecule has 5 nitrogen and oxygen atoms in total. The molecule has 1 fully saturated rings. The number of hydrogen-bond acceptors (Lipinski definition) is 4. The van der Waals surface area contributed by atoms with Crippen LogP contribution in [0.25, 0.3) is 0 Å². The third kappa shape index (κ3) is 3.89. The zero-order chi connectivity index (χ0) is 19.6. The summed E-state index contributed by atoms with van der Waals surface area (Å²) < 4.78 is 46.2. The van der Waals surface area contributed by atoms with Crippen LogP contribution in [-0.4, -0.2) is 38.7 Å². The van der Waals surface area contributed by atoms with Crippen molar-refractivity contribution in [3.05, 3.63) is 59.4 Å². The second-order valence-electron chi connectivity index (χ2n) is 6.68. The molecule has 0 bridgehead atoms. The van der Waals surface area contributed by atoms with Gasteiger partial charge in [-0.3, -0.25) is 4.79 Å². The van der Waals surface area contributed by atoms with Crippen molar-refractivity contribution in [1.82, 2.24) is 4.31 Å². The van der Waals surface area contributed by atoms with E-state index >= 15 is 0 Å². The highest BCUT2D eigenvalue weighted by Gasteiger charge is 2.35. The number of Topliss-reactive ketones (excluding diaryl/α,β-unsaturated/α-hetero) is 1. The Kier molecular flexibility index (Phi) is 5.62. The molecule has 1 aliphatic rings. The molecule has 0 saturated carbocycles. The minimum absolute atomic E-state index is 0.0482. The molecule has 0 N–H and O–H groups in total. The standard InChI is InChI=1S/C20H22FNO4S/c1-14-9-10-16(21)12-19(14)27(24,25)22-11-5-6-15(13-22)20(23)17-7-3-4-8-18(17)26-2/h3-4,7-10,12,15H,5-6,11,13H2,1-2H3. The molecule has 7 heteroatoms. The Hall–Kier alpha value is -2.25. The van der Waals surface area contributed by atoms with Gasteiger partial charge in [0.15, 0.2) is 5.78 Å². The Bertz CT molecular complexity index is 958. The summed E-state index contributed by atoms with van der Waals surface area (Å²) in [7, 11) is -2.37. The van der Waals surface area contributed by atoms with Gasteiger partial charge in [-0.2, -0.15) is 4.31 Å². The largest absolute Gasteiger partial charge is 0.496 e. The number of benzene rings is 2. The lowest BCUT2D eigenvalue weighted by Crippen LogP contribution is -2.42. The number of para-hydroxylation sites is 1. The van der Waals surface area contributed by atoms with Gasteiger partial charge in [0.1, 0.15) is 11.6 Å². The normalized spacial score (nSPS) is 18.3. The highest BCUT2D eigenvalue weighted by atomic mass is 32.2. The van der Waals surface area contributed by atoms with E-state index in [1.54, 1.807) is 31.2 Å². The predicted octanol–water partition coefficient (Wildman–Crippen LogP) is 3.43. The molecule has 2 aromatic rings. The first-order valence-corrected chi connectivity index (χ1v) is 10.2. The van der Waals surface area contributed by atoms with Crippen LogP contribution >= 0.6 is 0 Å². The van der Waals surface area contributed by atoms with E-state index in [2.05, 4.69) is 0 Å². The van der Waals surface area contributed by atoms with Gasteiger partial charge in [0.2, 0.25) is 10.0 Å². The first kappa shape index (κ1) is 19.5. The predicted molar refractivity (Wildman–Crippen MR) is 99.9 cm³/mol. The van der Waals surface area contributed by atoms with Crippen LogP contribution in [0.15, 0.2) is 47.4 Å². The number of nitrogens with zero attached hydrogens (tertiary/aromatic N) is 1. The Morgan fingerprint density at radius 1 is 1.22 bits per heavy atom. The van der Waals surface area contributed by atoms with E-state index in [4.69, 9.17) is 4.74 Å². The fraction of sp³-hybridized carbons (Fsp3) is 0.350. The zero-order valence-corrected chi connectivity index (χ0v) is 16.1. The van der Waals surface area contributed by atoms with Gasteiger partial charge in [-0.05, 0) is 49.6 Å². The van der Waals surface area contributed by atoms with Gasteiger partial charge in [0.05, 0.1) is 17.6 Å². The van der Waals surface area contributed by atoms with Crippen LogP contribution in [0.5, 0.6) is 5.75 Å². The smallest absolute Gasteiger partial charge is 0.243 e. The van der Waals surface area contributed by atoms with Gasteiger partial charge >= 0.3 is 0 Å². The van der Waals surface area contributed by atoms with E-state index in [0.717, 1.165) is 6.07 Å². The summed E-state index contributed by atoms with van der Waals surface area (Å²) in [5.74, 6) is -0.719. The van der Waals surface area contributed by atoms with Crippen LogP contribution in [-0.2, 0) is 10.0 Å². The molecule has 0 radical (unpaired) electrons. The maximum absolute atomic E-state index is 13.6. The number of halogens is 1. The van der Waals surface area contributed by atoms with Crippen molar-refractivity contribution in [2.45, 2.75) is 24.7 Å². The first-order valence-electron chi connectivity index (χ1n) is 8.78. The molecule has 1 aliphatic heterocycles. The van der Waals surface area contributed by atoms with Crippen LogP contribution in [0, 0.1) is 18.7 Å². The molecule has 144 valence electrons. The summed E-state index contributed by atoms with van der Waals surface area (Å²) >= 11 is 0. The molecule has 1 unspecified atom stereocenters. The van der Waals surface area contributed by atoms with Gasteiger partial charge in [-0.15, -0.1) is 0 Å². The number of hydrogen-bond donors (Lipinski definition) is 0. The van der Waals surface area contributed by atoms with E-state index in [-0.39, 0.29) is 17.2 Å². The van der Waals surface area contributed by atoms with Crippen LogP contribution in [0.3, 0.4) is 0 Å². The summed E-state index contributed by atoms with van der Waals surface area (Å²) in [6, 6.07) is 10.6. The van der Waals surface area contributed by atoms with Crippen molar-refractivity contribution in [2.24, 2.45) is 5.92 Å². The molecule has 2 aromatic carbocycles. The Balaban J connectivity index is 1.87. The molecule has 27 heavy (non-hydrogen) atoms. The summed E-state index contributed by atoms with van der Waals surface area (Å²) in [5.41, 5.74) is 0.931. The molecular formula is C20H22FNO4S. The number of sulfonamides is 1. The highest BCUT2D eigenvalue weighted by molar-refractivity contribution is 7.89. The van der Waals surface area contributed by atoms with Crippen LogP contribution in [0.1, 0.15) is 28.8 Å². The molecule has 0 aliphatic carbocycles. The van der Waals surface area contributed by atoms with Crippen molar-refractivity contribution in [2.75, 3.05) is 20.2 Å². The number of carbonyl (C=O) groups excluding carboxylic acids is 1. The van der Waals surface area contributed by atoms with Crippen molar-refractivity contribution >= 4 is 15.8 Å². The lowest BCUT2D eigenvalue weighted by atomic mass is 9.90. The molecule has 0 aromatic heterocycles. The Morgan fingerprint density at radius 3 is 2.70 bits per heavy atom. The summed E-state index contributed by atoms with van der Waals surface area (Å²) in [6.07, 6.45) is 1.17. The lowest BCUT2D eigenvalue weighted by molar-refractivity contribution is 0.0869. The van der Waals surface area contributed by atoms with Crippen LogP contribution in [0.4, 0.5) is 4.39 Å². The van der Waals surface area contributed by atoms with E-state index < -0.39 is 21.8 Å². The van der Waals surface area contributed by atoms with Crippen molar-refractivity contribution in [1.29, 1.82) is 0 Å². The molecular weight excluding hydrogens is 369 g/mol. The maximum Gasteiger partial charge on any atom is 0.243 e. The Labute approximate surface area is 158 Å². The number of carbonyl (C=O) groups is 1. The van der Waals surface area contributed by atoms with E-state index in [9.17, 15) is 17.6 Å². The molecule has 1 saturated heterocycles. The minimum atomic E-state index is -3.87. The molecule has 1 heterocycles. The van der Waals surface area contributed by atoms with Gasteiger partial charge < -0.3 is 4.74 Å². The maximum atomic E-state index is 13.6. The SMILES string of the molecule is COc1ccccc1C(=O)C1CCCN(S(=O)(=O)c2cc(F)ccc2C)C1. The average Bonchev–Trinajstić information content (AvgIpc) is 2.69. The van der Waals surface area contributed by atoms with Crippen molar-refractivity contribution in [3.8, 4) is 5.75 Å². The topological polar surface area (TPSA) is 63.7 Å². The van der Waals surface area contributed by atoms with Gasteiger partial charge in [0, 0.05) is 19.0 Å². The Morgan fingerprint density at radius 2 is 1.96 bits per heavy atom. The van der Waals surface area contributed by atoms with Gasteiger partial charge in [-0.1, -0.05) is 18.2 Å². The molecule has 3 rings (SSSR count). The monoisotopic (exact) mass is 391 g/mol. The zero-order valence-electron chi connectivity index (χ0n) is 15.3. The van der Waals surface area contributed by atoms with Crippen molar-refractivity contribution < 1.29 is 22.3 Å². The number of ether oxygens (including phenoxy) is 1. The summed E-state index contributed by atoms with van der Waals surface area (Å²) in [4.78, 5) is 12.9. The van der Waals surface area contributed by atoms with Crippen LogP contribution in [0.2, 0.25) is 0 Å².